The van der Waals surface area contributed by atoms with E-state index in [0.717, 1.165) is 24.2 Å². The van der Waals surface area contributed by atoms with Crippen LogP contribution in [0.1, 0.15) is 31.5 Å². The van der Waals surface area contributed by atoms with Gasteiger partial charge in [0.25, 0.3) is 0 Å². The van der Waals surface area contributed by atoms with Crippen molar-refractivity contribution < 1.29 is 9.18 Å². The molecule has 2 amide bonds. The highest BCUT2D eigenvalue weighted by Crippen LogP contribution is 2.40. The number of amides is 2. The molecule has 1 N–H and O–H groups in total. The third-order valence-electron chi connectivity index (χ3n) is 5.94. The Labute approximate surface area is 190 Å². The first-order chi connectivity index (χ1) is 15.4. The molecule has 2 aliphatic rings. The smallest absolute Gasteiger partial charge is 0.325 e. The van der Waals surface area contributed by atoms with Crippen LogP contribution in [0.15, 0.2) is 42.9 Å². The van der Waals surface area contributed by atoms with Crippen molar-refractivity contribution in [3.63, 3.8) is 0 Å². The lowest BCUT2D eigenvalue weighted by Crippen LogP contribution is -2.36. The number of carbonyl (C=O) groups excluding carboxylic acids is 1. The van der Waals surface area contributed by atoms with E-state index in [9.17, 15) is 9.18 Å². The summed E-state index contributed by atoms with van der Waals surface area (Å²) < 4.78 is 15.0. The number of imidazole rings is 1. The number of hydrogen-bond donors (Lipinski definition) is 1. The number of anilines is 2. The standard InChI is InChI=1S/C22H23ClFN7O/c1-13(17-10-30(12-25-17)16-7-5-15(24)6-8-16)26-21-27-19(23)9-20(28-21)31-18(14-3-4-14)11-29(2)22(31)32/h5-10,12-14,18H,3-4,11H2,1-2H3,(H,26,27,28)/t13-,18+/m0/s1. The Morgan fingerprint density at radius 1 is 1.22 bits per heavy atom. The number of nitrogens with one attached hydrogen (secondary N) is 1. The predicted octanol–water partition coefficient (Wildman–Crippen LogP) is 4.28. The molecule has 0 radical (unpaired) electrons. The van der Waals surface area contributed by atoms with Gasteiger partial charge in [-0.2, -0.15) is 4.98 Å². The maximum Gasteiger partial charge on any atom is 0.325 e. The van der Waals surface area contributed by atoms with Crippen molar-refractivity contribution in [1.82, 2.24) is 24.4 Å². The Bertz CT molecular complexity index is 1150. The van der Waals surface area contributed by atoms with Crippen LogP contribution in [0.25, 0.3) is 5.69 Å². The fourth-order valence-electron chi connectivity index (χ4n) is 4.05. The Hall–Kier alpha value is -3.20. The van der Waals surface area contributed by atoms with Crippen LogP contribution >= 0.6 is 11.6 Å². The first-order valence-electron chi connectivity index (χ1n) is 10.5. The second-order valence-corrected chi connectivity index (χ2v) is 8.75. The van der Waals surface area contributed by atoms with Crippen molar-refractivity contribution in [2.45, 2.75) is 31.8 Å². The van der Waals surface area contributed by atoms with Crippen LogP contribution in [0.4, 0.5) is 21.0 Å². The van der Waals surface area contributed by atoms with Gasteiger partial charge in [0.05, 0.1) is 24.1 Å². The second kappa shape index (κ2) is 8.05. The minimum Gasteiger partial charge on any atom is -0.346 e. The van der Waals surface area contributed by atoms with Gasteiger partial charge in [-0.05, 0) is 49.9 Å². The lowest BCUT2D eigenvalue weighted by atomic mass is 10.2. The average Bonchev–Trinajstić information content (AvgIpc) is 3.40. The van der Waals surface area contributed by atoms with Gasteiger partial charge < -0.3 is 14.8 Å². The quantitative estimate of drug-likeness (QED) is 0.561. The van der Waals surface area contributed by atoms with Gasteiger partial charge in [-0.25, -0.2) is 19.2 Å². The number of hydrogen-bond acceptors (Lipinski definition) is 5. The topological polar surface area (TPSA) is 79.2 Å². The molecule has 2 aromatic heterocycles. The maximum absolute atomic E-state index is 13.2. The van der Waals surface area contributed by atoms with Gasteiger partial charge in [0, 0.05) is 31.5 Å². The van der Waals surface area contributed by atoms with Gasteiger partial charge in [-0.15, -0.1) is 0 Å². The predicted molar refractivity (Wildman–Crippen MR) is 120 cm³/mol. The number of rotatable bonds is 6. The van der Waals surface area contributed by atoms with E-state index < -0.39 is 0 Å². The van der Waals surface area contributed by atoms with E-state index in [1.807, 2.05) is 17.7 Å². The Balaban J connectivity index is 1.36. The van der Waals surface area contributed by atoms with Crippen molar-refractivity contribution in [3.8, 4) is 5.69 Å². The van der Waals surface area contributed by atoms with Crippen LogP contribution in [0, 0.1) is 11.7 Å². The van der Waals surface area contributed by atoms with E-state index in [2.05, 4.69) is 20.3 Å². The molecule has 8 nitrogen and oxygen atoms in total. The number of halogens is 2. The van der Waals surface area contributed by atoms with Crippen LogP contribution in [-0.2, 0) is 0 Å². The molecule has 10 heteroatoms. The minimum atomic E-state index is -0.287. The van der Waals surface area contributed by atoms with E-state index in [-0.39, 0.29) is 29.1 Å². The van der Waals surface area contributed by atoms with Crippen LogP contribution in [0.5, 0.6) is 0 Å². The Kier molecular flexibility index (Phi) is 5.21. The third-order valence-corrected chi connectivity index (χ3v) is 6.13. The molecule has 1 aromatic carbocycles. The summed E-state index contributed by atoms with van der Waals surface area (Å²) in [6.07, 6.45) is 5.78. The summed E-state index contributed by atoms with van der Waals surface area (Å²) in [5.74, 6) is 1.05. The van der Waals surface area contributed by atoms with Crippen LogP contribution in [0.3, 0.4) is 0 Å². The van der Waals surface area contributed by atoms with Gasteiger partial charge >= 0.3 is 6.03 Å². The molecule has 166 valence electrons. The minimum absolute atomic E-state index is 0.0753. The lowest BCUT2D eigenvalue weighted by Gasteiger charge is -2.23. The largest absolute Gasteiger partial charge is 0.346 e. The van der Waals surface area contributed by atoms with Crippen LogP contribution < -0.4 is 10.2 Å². The number of benzene rings is 1. The molecule has 3 aromatic rings. The molecule has 0 unspecified atom stereocenters. The highest BCUT2D eigenvalue weighted by molar-refractivity contribution is 6.29. The summed E-state index contributed by atoms with van der Waals surface area (Å²) in [5.41, 5.74) is 1.56. The zero-order chi connectivity index (χ0) is 22.4. The van der Waals surface area contributed by atoms with E-state index in [1.54, 1.807) is 41.4 Å². The summed E-state index contributed by atoms with van der Waals surface area (Å²) in [4.78, 5) is 29.6. The highest BCUT2D eigenvalue weighted by Gasteiger charge is 2.45. The molecule has 1 saturated carbocycles. The number of nitrogens with zero attached hydrogens (tertiary/aromatic N) is 6. The molecule has 32 heavy (non-hydrogen) atoms. The fourth-order valence-corrected chi connectivity index (χ4v) is 4.23. The highest BCUT2D eigenvalue weighted by atomic mass is 35.5. The number of carbonyl (C=O) groups is 1. The summed E-state index contributed by atoms with van der Waals surface area (Å²) in [7, 11) is 1.80. The first-order valence-corrected chi connectivity index (χ1v) is 10.9. The summed E-state index contributed by atoms with van der Waals surface area (Å²) in [6.45, 7) is 2.62. The molecule has 1 saturated heterocycles. The average molecular weight is 456 g/mol. The zero-order valence-electron chi connectivity index (χ0n) is 17.7. The molecule has 1 aliphatic carbocycles. The second-order valence-electron chi connectivity index (χ2n) is 8.36. The molecule has 2 atom stereocenters. The van der Waals surface area contributed by atoms with Crippen molar-refractivity contribution in [2.75, 3.05) is 23.8 Å². The maximum atomic E-state index is 13.2. The van der Waals surface area contributed by atoms with Crippen LogP contribution in [0.2, 0.25) is 5.15 Å². The van der Waals surface area contributed by atoms with E-state index >= 15 is 0 Å². The van der Waals surface area contributed by atoms with Crippen molar-refractivity contribution in [2.24, 2.45) is 5.92 Å². The van der Waals surface area contributed by atoms with Crippen LogP contribution in [-0.4, -0.2) is 50.1 Å². The molecular formula is C22H23ClFN7O. The van der Waals surface area contributed by atoms with E-state index in [1.165, 1.54) is 12.1 Å². The van der Waals surface area contributed by atoms with Gasteiger partial charge in [0.15, 0.2) is 0 Å². The summed E-state index contributed by atoms with van der Waals surface area (Å²) in [6, 6.07) is 7.63. The fraction of sp³-hybridized carbons (Fsp3) is 0.364. The van der Waals surface area contributed by atoms with Gasteiger partial charge in [-0.3, -0.25) is 4.90 Å². The van der Waals surface area contributed by atoms with Gasteiger partial charge in [0.2, 0.25) is 5.95 Å². The summed E-state index contributed by atoms with van der Waals surface area (Å²) in [5, 5.41) is 3.49. The normalized spacial score (nSPS) is 19.5. The van der Waals surface area contributed by atoms with Gasteiger partial charge in [0.1, 0.15) is 16.8 Å². The SMILES string of the molecule is C[C@H](Nc1nc(Cl)cc(N2C(=O)N(C)C[C@@H]2C2CC2)n1)c1cn(-c2ccc(F)cc2)cn1. The number of urea groups is 1. The number of aromatic nitrogens is 4. The summed E-state index contributed by atoms with van der Waals surface area (Å²) >= 11 is 6.29. The van der Waals surface area contributed by atoms with Crippen molar-refractivity contribution >= 4 is 29.4 Å². The lowest BCUT2D eigenvalue weighted by molar-refractivity contribution is 0.229. The molecule has 2 fully saturated rings. The van der Waals surface area contributed by atoms with Gasteiger partial charge in [-0.1, -0.05) is 11.6 Å². The first kappa shape index (κ1) is 20.7. The Morgan fingerprint density at radius 2 is 1.97 bits per heavy atom. The van der Waals surface area contributed by atoms with E-state index in [0.29, 0.717) is 24.2 Å². The third kappa shape index (κ3) is 4.00. The molecular weight excluding hydrogens is 433 g/mol. The Morgan fingerprint density at radius 3 is 2.69 bits per heavy atom. The molecule has 0 spiro atoms. The van der Waals surface area contributed by atoms with E-state index in [4.69, 9.17) is 11.6 Å². The molecule has 3 heterocycles. The number of likely N-dealkylation sites (N-methyl/N-ethyl adjacent to an activating group) is 1. The zero-order valence-corrected chi connectivity index (χ0v) is 18.5. The molecule has 1 aliphatic heterocycles. The monoisotopic (exact) mass is 455 g/mol. The molecule has 5 rings (SSSR count). The van der Waals surface area contributed by atoms with Crippen molar-refractivity contribution in [1.29, 1.82) is 0 Å². The molecule has 0 bridgehead atoms. The van der Waals surface area contributed by atoms with Crippen molar-refractivity contribution in [3.05, 3.63) is 59.5 Å².